The molecule has 1 fully saturated rings. The second kappa shape index (κ2) is 8.57. The second-order valence-electron chi connectivity index (χ2n) is 7.45. The largest absolute Gasteiger partial charge is 0.395 e. The Morgan fingerprint density at radius 2 is 1.36 bits per heavy atom. The number of benzene rings is 2. The van der Waals surface area contributed by atoms with Gasteiger partial charge in [0.25, 0.3) is 0 Å². The van der Waals surface area contributed by atoms with Crippen LogP contribution in [0.1, 0.15) is 0 Å². The monoisotopic (exact) mass is 421 g/mol. The van der Waals surface area contributed by atoms with Crippen molar-refractivity contribution in [3.8, 4) is 0 Å². The van der Waals surface area contributed by atoms with E-state index in [2.05, 4.69) is 14.4 Å². The third-order valence-electron chi connectivity index (χ3n) is 5.53. The molecule has 1 aliphatic rings. The molecule has 28 heavy (non-hydrogen) atoms. The van der Waals surface area contributed by atoms with E-state index in [1.54, 1.807) is 0 Å². The fourth-order valence-corrected chi connectivity index (χ4v) is 4.49. The summed E-state index contributed by atoms with van der Waals surface area (Å²) in [5.74, 6) is 0. The lowest BCUT2D eigenvalue weighted by Crippen LogP contribution is -2.49. The average Bonchev–Trinajstić information content (AvgIpc) is 2.96. The normalized spacial score (nSPS) is 17.6. The molecule has 4 rings (SSSR count). The number of aliphatic hydroxyl groups excluding tert-OH is 2. The van der Waals surface area contributed by atoms with E-state index in [1.807, 2.05) is 36.4 Å². The van der Waals surface area contributed by atoms with Crippen LogP contribution in [0.5, 0.6) is 0 Å². The summed E-state index contributed by atoms with van der Waals surface area (Å²) in [6.07, 6.45) is -0.477. The molecule has 2 N–H and O–H groups in total. The van der Waals surface area contributed by atoms with Gasteiger partial charge in [-0.2, -0.15) is 0 Å². The first kappa shape index (κ1) is 20.0. The highest BCUT2D eigenvalue weighted by molar-refractivity contribution is 6.33. The molecule has 0 amide bonds. The molecule has 2 aromatic carbocycles. The van der Waals surface area contributed by atoms with Crippen molar-refractivity contribution in [1.29, 1.82) is 0 Å². The van der Waals surface area contributed by atoms with Gasteiger partial charge >= 0.3 is 0 Å². The molecule has 0 saturated carbocycles. The predicted molar refractivity (Wildman–Crippen MR) is 115 cm³/mol. The number of fused-ring (bicyclic) bond motifs is 3. The molecule has 0 radical (unpaired) electrons. The highest BCUT2D eigenvalue weighted by Crippen LogP contribution is 2.33. The molecule has 1 aliphatic heterocycles. The zero-order valence-corrected chi connectivity index (χ0v) is 17.2. The number of rotatable bonds is 6. The smallest absolute Gasteiger partial charge is 0.0845 e. The Bertz CT molecular complexity index is 908. The van der Waals surface area contributed by atoms with Crippen LogP contribution in [0.15, 0.2) is 36.4 Å². The number of aliphatic hydroxyl groups is 2. The van der Waals surface area contributed by atoms with Crippen LogP contribution >= 0.6 is 23.2 Å². The standard InChI is InChI=1S/C21H25Cl2N3O2/c22-15-1-3-20-18(11-15)19-12-16(23)2-4-21(19)26(20)14-17(28)13-25-7-5-24(6-8-25)9-10-27/h1-4,11-12,17,27-28H,5-10,13-14H2. The lowest BCUT2D eigenvalue weighted by Gasteiger charge is -2.35. The number of β-amino-alcohol motifs (C(OH)–C–C–N with tert-alkyl or cyclic N) is 2. The van der Waals surface area contributed by atoms with Crippen LogP contribution in [-0.4, -0.2) is 76.6 Å². The Kier molecular flexibility index (Phi) is 6.11. The van der Waals surface area contributed by atoms with Crippen LogP contribution in [0.3, 0.4) is 0 Å². The molecule has 1 aromatic heterocycles. The summed E-state index contributed by atoms with van der Waals surface area (Å²) in [7, 11) is 0. The zero-order chi connectivity index (χ0) is 19.7. The van der Waals surface area contributed by atoms with E-state index < -0.39 is 6.10 Å². The highest BCUT2D eigenvalue weighted by Gasteiger charge is 2.20. The predicted octanol–water partition coefficient (Wildman–Crippen LogP) is 3.07. The Morgan fingerprint density at radius 3 is 1.89 bits per heavy atom. The number of piperazine rings is 1. The minimum atomic E-state index is -0.477. The van der Waals surface area contributed by atoms with Gasteiger partial charge in [0.1, 0.15) is 0 Å². The van der Waals surface area contributed by atoms with Crippen molar-refractivity contribution in [2.45, 2.75) is 12.6 Å². The van der Waals surface area contributed by atoms with Gasteiger partial charge < -0.3 is 14.8 Å². The summed E-state index contributed by atoms with van der Waals surface area (Å²) in [5, 5.41) is 23.3. The lowest BCUT2D eigenvalue weighted by molar-refractivity contribution is 0.0601. The number of aromatic nitrogens is 1. The van der Waals surface area contributed by atoms with Gasteiger partial charge in [0.2, 0.25) is 0 Å². The van der Waals surface area contributed by atoms with Gasteiger partial charge in [0, 0.05) is 71.1 Å². The number of nitrogens with zero attached hydrogens (tertiary/aromatic N) is 3. The highest BCUT2D eigenvalue weighted by atomic mass is 35.5. The molecule has 5 nitrogen and oxygen atoms in total. The molecule has 3 aromatic rings. The van der Waals surface area contributed by atoms with Crippen LogP contribution < -0.4 is 0 Å². The molecule has 0 spiro atoms. The first-order valence-corrected chi connectivity index (χ1v) is 10.4. The minimum absolute atomic E-state index is 0.199. The second-order valence-corrected chi connectivity index (χ2v) is 8.33. The van der Waals surface area contributed by atoms with Crippen LogP contribution in [0.2, 0.25) is 10.0 Å². The molecule has 1 unspecified atom stereocenters. The van der Waals surface area contributed by atoms with Gasteiger partial charge in [-0.25, -0.2) is 0 Å². The van der Waals surface area contributed by atoms with Crippen molar-refractivity contribution < 1.29 is 10.2 Å². The van der Waals surface area contributed by atoms with Crippen LogP contribution in [0.4, 0.5) is 0 Å². The van der Waals surface area contributed by atoms with E-state index in [1.165, 1.54) is 0 Å². The topological polar surface area (TPSA) is 51.9 Å². The average molecular weight is 422 g/mol. The molecule has 1 saturated heterocycles. The SMILES string of the molecule is OCCN1CCN(CC(O)Cn2c3ccc(Cl)cc3c3cc(Cl)ccc32)CC1. The molecular weight excluding hydrogens is 397 g/mol. The quantitative estimate of drug-likeness (QED) is 0.641. The van der Waals surface area contributed by atoms with Crippen molar-refractivity contribution in [3.05, 3.63) is 46.4 Å². The Balaban J connectivity index is 1.54. The van der Waals surface area contributed by atoms with Crippen molar-refractivity contribution in [2.24, 2.45) is 0 Å². The maximum atomic E-state index is 10.8. The molecule has 0 aliphatic carbocycles. The van der Waals surface area contributed by atoms with E-state index >= 15 is 0 Å². The Labute approximate surface area is 174 Å². The molecule has 150 valence electrons. The third-order valence-corrected chi connectivity index (χ3v) is 6.00. The Morgan fingerprint density at radius 1 is 0.821 bits per heavy atom. The number of halogens is 2. The van der Waals surface area contributed by atoms with Crippen LogP contribution in [0, 0.1) is 0 Å². The fourth-order valence-electron chi connectivity index (χ4n) is 4.15. The van der Waals surface area contributed by atoms with Crippen molar-refractivity contribution in [3.63, 3.8) is 0 Å². The van der Waals surface area contributed by atoms with Gasteiger partial charge in [-0.15, -0.1) is 0 Å². The summed E-state index contributed by atoms with van der Waals surface area (Å²) in [6, 6.07) is 11.7. The third kappa shape index (κ3) is 4.15. The minimum Gasteiger partial charge on any atom is -0.395 e. The maximum Gasteiger partial charge on any atom is 0.0845 e. The van der Waals surface area contributed by atoms with Gasteiger partial charge in [0.15, 0.2) is 0 Å². The molecular formula is C21H25Cl2N3O2. The van der Waals surface area contributed by atoms with E-state index in [0.717, 1.165) is 54.5 Å². The lowest BCUT2D eigenvalue weighted by atomic mass is 10.1. The van der Waals surface area contributed by atoms with E-state index in [0.29, 0.717) is 23.1 Å². The number of hydrogen-bond acceptors (Lipinski definition) is 4. The van der Waals surface area contributed by atoms with E-state index in [9.17, 15) is 5.11 Å². The molecule has 2 heterocycles. The number of hydrogen-bond donors (Lipinski definition) is 2. The fraction of sp³-hybridized carbons (Fsp3) is 0.429. The first-order valence-electron chi connectivity index (χ1n) is 9.66. The summed E-state index contributed by atoms with van der Waals surface area (Å²) in [5.41, 5.74) is 2.10. The first-order chi connectivity index (χ1) is 13.5. The maximum absolute atomic E-state index is 10.8. The van der Waals surface area contributed by atoms with Crippen LogP contribution in [0.25, 0.3) is 21.8 Å². The van der Waals surface area contributed by atoms with Crippen molar-refractivity contribution in [2.75, 3.05) is 45.9 Å². The van der Waals surface area contributed by atoms with Gasteiger partial charge in [-0.3, -0.25) is 9.80 Å². The summed E-state index contributed by atoms with van der Waals surface area (Å²) < 4.78 is 2.16. The van der Waals surface area contributed by atoms with Gasteiger partial charge in [-0.1, -0.05) is 23.2 Å². The summed E-state index contributed by atoms with van der Waals surface area (Å²) in [6.45, 7) is 5.76. The van der Waals surface area contributed by atoms with E-state index in [4.69, 9.17) is 28.3 Å². The van der Waals surface area contributed by atoms with Gasteiger partial charge in [-0.05, 0) is 36.4 Å². The van der Waals surface area contributed by atoms with Crippen molar-refractivity contribution in [1.82, 2.24) is 14.4 Å². The summed E-state index contributed by atoms with van der Waals surface area (Å²) in [4.78, 5) is 4.55. The molecule has 7 heteroatoms. The van der Waals surface area contributed by atoms with Crippen LogP contribution in [-0.2, 0) is 6.54 Å². The Hall–Kier alpha value is -1.34. The van der Waals surface area contributed by atoms with Gasteiger partial charge in [0.05, 0.1) is 19.3 Å². The molecule has 1 atom stereocenters. The molecule has 0 bridgehead atoms. The van der Waals surface area contributed by atoms with E-state index in [-0.39, 0.29) is 6.61 Å². The zero-order valence-electron chi connectivity index (χ0n) is 15.7. The summed E-state index contributed by atoms with van der Waals surface area (Å²) >= 11 is 12.4. The van der Waals surface area contributed by atoms with Crippen molar-refractivity contribution >= 4 is 45.0 Å².